The highest BCUT2D eigenvalue weighted by Gasteiger charge is 2.90. The fourth-order valence-corrected chi connectivity index (χ4v) is 6.70. The zero-order valence-electron chi connectivity index (χ0n) is 14.9. The molecule has 0 radical (unpaired) electrons. The molecular formula is C20H24O5. The molecule has 0 aromatic carbocycles. The normalized spacial score (nSPS) is 54.8. The number of ether oxygens (including phenoxy) is 3. The molecule has 2 spiro atoms. The van der Waals surface area contributed by atoms with Crippen molar-refractivity contribution in [3.05, 3.63) is 22.8 Å². The predicted octanol–water partition coefficient (Wildman–Crippen LogP) is 1.89. The van der Waals surface area contributed by atoms with Gasteiger partial charge in [0.1, 0.15) is 30.0 Å². The van der Waals surface area contributed by atoms with E-state index in [9.17, 15) is 9.90 Å². The van der Waals surface area contributed by atoms with Crippen LogP contribution in [0.5, 0.6) is 0 Å². The third-order valence-corrected chi connectivity index (χ3v) is 8.05. The first kappa shape index (κ1) is 14.9. The van der Waals surface area contributed by atoms with Crippen molar-refractivity contribution in [1.29, 1.82) is 0 Å². The van der Waals surface area contributed by atoms with E-state index in [1.54, 1.807) is 0 Å². The summed E-state index contributed by atoms with van der Waals surface area (Å²) in [6.07, 6.45) is 4.13. The molecule has 25 heavy (non-hydrogen) atoms. The fraction of sp³-hybridized carbons (Fsp3) is 0.750. The topological polar surface area (TPSA) is 71.6 Å². The van der Waals surface area contributed by atoms with Gasteiger partial charge in [-0.1, -0.05) is 20.8 Å². The van der Waals surface area contributed by atoms with Crippen molar-refractivity contribution in [3.63, 3.8) is 0 Å². The number of rotatable bonds is 1. The number of esters is 1. The van der Waals surface area contributed by atoms with Crippen molar-refractivity contribution < 1.29 is 24.1 Å². The Kier molecular flexibility index (Phi) is 2.42. The molecule has 3 aliphatic heterocycles. The lowest BCUT2D eigenvalue weighted by Crippen LogP contribution is -2.61. The molecule has 0 aromatic heterocycles. The maximum atomic E-state index is 12.0. The third-order valence-electron chi connectivity index (χ3n) is 8.05. The van der Waals surface area contributed by atoms with Gasteiger partial charge in [0, 0.05) is 11.0 Å². The van der Waals surface area contributed by atoms with Crippen molar-refractivity contribution >= 4 is 5.97 Å². The van der Waals surface area contributed by atoms with Crippen LogP contribution in [0.4, 0.5) is 0 Å². The Labute approximate surface area is 147 Å². The fourth-order valence-electron chi connectivity index (χ4n) is 6.70. The summed E-state index contributed by atoms with van der Waals surface area (Å²) < 4.78 is 18.0. The summed E-state index contributed by atoms with van der Waals surface area (Å²) in [7, 11) is 0. The minimum absolute atomic E-state index is 0.124. The van der Waals surface area contributed by atoms with Gasteiger partial charge in [-0.15, -0.1) is 0 Å². The smallest absolute Gasteiger partial charge is 0.334 e. The highest BCUT2D eigenvalue weighted by atomic mass is 16.7. The average molecular weight is 344 g/mol. The monoisotopic (exact) mass is 344 g/mol. The first-order valence-corrected chi connectivity index (χ1v) is 9.51. The third kappa shape index (κ3) is 1.38. The van der Waals surface area contributed by atoms with Crippen molar-refractivity contribution in [2.24, 2.45) is 17.3 Å². The lowest BCUT2D eigenvalue weighted by atomic mass is 9.48. The number of aliphatic hydroxyl groups excluding tert-OH is 1. The maximum absolute atomic E-state index is 12.0. The Morgan fingerprint density at radius 3 is 2.88 bits per heavy atom. The molecule has 0 unspecified atom stereocenters. The zero-order chi connectivity index (χ0) is 17.4. The van der Waals surface area contributed by atoms with Gasteiger partial charge in [0.25, 0.3) is 0 Å². The first-order valence-electron chi connectivity index (χ1n) is 9.51. The zero-order valence-corrected chi connectivity index (χ0v) is 14.9. The number of aliphatic hydroxyl groups is 1. The molecule has 134 valence electrons. The summed E-state index contributed by atoms with van der Waals surface area (Å²) in [6, 6.07) is 0. The van der Waals surface area contributed by atoms with Gasteiger partial charge in [0.05, 0.1) is 6.10 Å². The minimum Gasteiger partial charge on any atom is -0.458 e. The molecule has 2 saturated heterocycles. The molecule has 6 aliphatic rings. The second kappa shape index (κ2) is 4.05. The van der Waals surface area contributed by atoms with Crippen molar-refractivity contribution in [2.75, 3.05) is 6.61 Å². The van der Waals surface area contributed by atoms with Gasteiger partial charge in [-0.3, -0.25) is 0 Å². The van der Waals surface area contributed by atoms with Crippen LogP contribution in [0.3, 0.4) is 0 Å². The lowest BCUT2D eigenvalue weighted by molar-refractivity contribution is -0.136. The number of hydrogen-bond donors (Lipinski definition) is 1. The van der Waals surface area contributed by atoms with E-state index in [-0.39, 0.29) is 41.0 Å². The van der Waals surface area contributed by atoms with Gasteiger partial charge in [-0.05, 0) is 48.3 Å². The van der Waals surface area contributed by atoms with E-state index in [0.29, 0.717) is 6.61 Å². The molecule has 7 atom stereocenters. The van der Waals surface area contributed by atoms with E-state index in [1.807, 2.05) is 0 Å². The molecular weight excluding hydrogens is 320 g/mol. The number of carbonyl (C=O) groups excluding carboxylic acids is 1. The standard InChI is InChI=1S/C20H24O5/c1-9(2)11-7-19-14(24-19)6-13-12-8-23-17(22)10(12)4-5-18(13,3)20(19)16(25-20)15(11)21/h7,9,13-16,21H,4-6,8H2,1-3H3/t13-,14-,15+,16-,18-,19-,20+/m0/s1. The second-order valence-corrected chi connectivity index (χ2v) is 9.20. The Hall–Kier alpha value is -1.17. The van der Waals surface area contributed by atoms with E-state index in [2.05, 4.69) is 26.8 Å². The van der Waals surface area contributed by atoms with Crippen LogP contribution in [0.2, 0.25) is 0 Å². The Bertz CT molecular complexity index is 781. The second-order valence-electron chi connectivity index (χ2n) is 9.20. The minimum atomic E-state index is -0.553. The van der Waals surface area contributed by atoms with Crippen molar-refractivity contribution in [1.82, 2.24) is 0 Å². The summed E-state index contributed by atoms with van der Waals surface area (Å²) in [4.78, 5) is 12.0. The maximum Gasteiger partial charge on any atom is 0.334 e. The molecule has 5 nitrogen and oxygen atoms in total. The van der Waals surface area contributed by atoms with Crippen LogP contribution in [0.1, 0.15) is 40.0 Å². The van der Waals surface area contributed by atoms with E-state index in [0.717, 1.165) is 30.4 Å². The molecule has 3 fully saturated rings. The molecule has 3 heterocycles. The first-order chi connectivity index (χ1) is 11.9. The summed E-state index contributed by atoms with van der Waals surface area (Å²) in [6.45, 7) is 6.94. The molecule has 5 heteroatoms. The molecule has 0 bridgehead atoms. The van der Waals surface area contributed by atoms with Crippen LogP contribution in [0, 0.1) is 17.3 Å². The van der Waals surface area contributed by atoms with E-state index in [1.165, 1.54) is 5.57 Å². The van der Waals surface area contributed by atoms with Crippen LogP contribution in [0.15, 0.2) is 22.8 Å². The number of cyclic esters (lactones) is 1. The molecule has 1 saturated carbocycles. The van der Waals surface area contributed by atoms with Crippen LogP contribution in [0.25, 0.3) is 0 Å². The van der Waals surface area contributed by atoms with E-state index in [4.69, 9.17) is 14.2 Å². The van der Waals surface area contributed by atoms with Crippen molar-refractivity contribution in [3.8, 4) is 0 Å². The molecule has 6 rings (SSSR count). The molecule has 3 aliphatic carbocycles. The Morgan fingerprint density at radius 2 is 2.12 bits per heavy atom. The highest BCUT2D eigenvalue weighted by molar-refractivity contribution is 5.92. The number of epoxide rings is 2. The number of carbonyl (C=O) groups is 1. The summed E-state index contributed by atoms with van der Waals surface area (Å²) in [5.74, 6) is 0.389. The number of fused-ring (bicyclic) bond motifs is 2. The number of hydrogen-bond acceptors (Lipinski definition) is 5. The van der Waals surface area contributed by atoms with Gasteiger partial charge >= 0.3 is 5.97 Å². The summed E-state index contributed by atoms with van der Waals surface area (Å²) in [5, 5.41) is 10.9. The van der Waals surface area contributed by atoms with Crippen LogP contribution in [-0.4, -0.2) is 47.2 Å². The van der Waals surface area contributed by atoms with Crippen molar-refractivity contribution in [2.45, 2.75) is 69.5 Å². The van der Waals surface area contributed by atoms with E-state index >= 15 is 0 Å². The van der Waals surface area contributed by atoms with Gasteiger partial charge in [0.2, 0.25) is 0 Å². The summed E-state index contributed by atoms with van der Waals surface area (Å²) >= 11 is 0. The average Bonchev–Trinajstić information content (AvgIpc) is 3.44. The Balaban J connectivity index is 1.50. The quantitative estimate of drug-likeness (QED) is 0.447. The largest absolute Gasteiger partial charge is 0.458 e. The van der Waals surface area contributed by atoms with Gasteiger partial charge in [-0.25, -0.2) is 4.79 Å². The van der Waals surface area contributed by atoms with E-state index < -0.39 is 11.7 Å². The predicted molar refractivity (Wildman–Crippen MR) is 87.6 cm³/mol. The Morgan fingerprint density at radius 1 is 1.32 bits per heavy atom. The van der Waals surface area contributed by atoms with Gasteiger partial charge in [0.15, 0.2) is 0 Å². The molecule has 0 aromatic rings. The lowest BCUT2D eigenvalue weighted by Gasteiger charge is -2.51. The molecule has 0 amide bonds. The molecule has 1 N–H and O–H groups in total. The van der Waals surface area contributed by atoms with Crippen LogP contribution < -0.4 is 0 Å². The van der Waals surface area contributed by atoms with Crippen LogP contribution in [-0.2, 0) is 19.0 Å². The van der Waals surface area contributed by atoms with Gasteiger partial charge < -0.3 is 19.3 Å². The highest BCUT2D eigenvalue weighted by Crippen LogP contribution is 2.78. The van der Waals surface area contributed by atoms with Gasteiger partial charge in [-0.2, -0.15) is 0 Å². The SMILES string of the molecule is CC(C)C1=C[C@]23O[C@H]2C[C@H]2C4=C(CC[C@]2(C)[C@@]32O[C@H]2[C@@H]1O)C(=O)OC4. The summed E-state index contributed by atoms with van der Waals surface area (Å²) in [5.41, 5.74) is 2.16. The van der Waals surface area contributed by atoms with Crippen LogP contribution >= 0.6 is 0 Å².